The molecule has 2 aromatic rings. The Morgan fingerprint density at radius 2 is 2.10 bits per heavy atom. The van der Waals surface area contributed by atoms with Crippen LogP contribution in [-0.4, -0.2) is 13.0 Å². The summed E-state index contributed by atoms with van der Waals surface area (Å²) in [7, 11) is 1.41. The highest BCUT2D eigenvalue weighted by atomic mass is 19.1. The van der Waals surface area contributed by atoms with Gasteiger partial charge >= 0.3 is 0 Å². The van der Waals surface area contributed by atoms with Crippen LogP contribution >= 0.6 is 0 Å². The van der Waals surface area contributed by atoms with Crippen molar-refractivity contribution >= 4 is 5.91 Å². The fourth-order valence-corrected chi connectivity index (χ4v) is 1.86. The second-order valence-electron chi connectivity index (χ2n) is 4.50. The molecule has 20 heavy (non-hydrogen) atoms. The number of aryl methyl sites for hydroxylation is 1. The molecule has 1 amide bonds. The van der Waals surface area contributed by atoms with Crippen LogP contribution in [0.15, 0.2) is 34.7 Å². The van der Waals surface area contributed by atoms with Gasteiger partial charge in [-0.3, -0.25) is 4.79 Å². The van der Waals surface area contributed by atoms with E-state index in [1.165, 1.54) is 19.2 Å². The number of carbonyl (C=O) groups is 1. The Morgan fingerprint density at radius 3 is 2.65 bits per heavy atom. The van der Waals surface area contributed by atoms with Crippen molar-refractivity contribution in [3.05, 3.63) is 53.2 Å². The van der Waals surface area contributed by atoms with Crippen molar-refractivity contribution in [2.75, 3.05) is 7.11 Å². The Labute approximate surface area is 116 Å². The van der Waals surface area contributed by atoms with E-state index in [1.54, 1.807) is 32.0 Å². The van der Waals surface area contributed by atoms with Gasteiger partial charge in [-0.15, -0.1) is 0 Å². The molecule has 4 nitrogen and oxygen atoms in total. The molecule has 0 spiro atoms. The average molecular weight is 277 g/mol. The topological polar surface area (TPSA) is 51.5 Å². The maximum Gasteiger partial charge on any atom is 0.287 e. The molecule has 1 N–H and O–H groups in total. The number of hydrogen-bond donors (Lipinski definition) is 1. The monoisotopic (exact) mass is 277 g/mol. The van der Waals surface area contributed by atoms with E-state index in [-0.39, 0.29) is 23.5 Å². The Kier molecular flexibility index (Phi) is 4.08. The van der Waals surface area contributed by atoms with Crippen LogP contribution in [0.1, 0.15) is 34.8 Å². The van der Waals surface area contributed by atoms with Gasteiger partial charge in [0.2, 0.25) is 0 Å². The van der Waals surface area contributed by atoms with Crippen molar-refractivity contribution in [1.29, 1.82) is 0 Å². The van der Waals surface area contributed by atoms with Gasteiger partial charge in [-0.2, -0.15) is 0 Å². The molecule has 1 aromatic carbocycles. The average Bonchev–Trinajstić information content (AvgIpc) is 2.85. The third kappa shape index (κ3) is 2.99. The molecule has 1 unspecified atom stereocenters. The summed E-state index contributed by atoms with van der Waals surface area (Å²) in [5, 5.41) is 2.75. The Bertz CT molecular complexity index is 621. The van der Waals surface area contributed by atoms with Gasteiger partial charge < -0.3 is 14.5 Å². The molecule has 1 aromatic heterocycles. The van der Waals surface area contributed by atoms with Crippen LogP contribution in [0.4, 0.5) is 4.39 Å². The number of nitrogens with one attached hydrogen (secondary N) is 1. The molecule has 2 rings (SSSR count). The lowest BCUT2D eigenvalue weighted by molar-refractivity contribution is 0.0910. The number of hydrogen-bond acceptors (Lipinski definition) is 3. The Balaban J connectivity index is 2.10. The molecule has 0 saturated heterocycles. The quantitative estimate of drug-likeness (QED) is 0.933. The van der Waals surface area contributed by atoms with Gasteiger partial charge in [0.1, 0.15) is 5.76 Å². The molecule has 0 saturated carbocycles. The molecule has 5 heteroatoms. The van der Waals surface area contributed by atoms with E-state index in [0.29, 0.717) is 11.3 Å². The summed E-state index contributed by atoms with van der Waals surface area (Å²) < 4.78 is 23.7. The smallest absolute Gasteiger partial charge is 0.287 e. The second kappa shape index (κ2) is 5.77. The molecular formula is C15H16FNO3. The maximum atomic E-state index is 13.6. The minimum Gasteiger partial charge on any atom is -0.494 e. The van der Waals surface area contributed by atoms with Crippen molar-refractivity contribution in [1.82, 2.24) is 5.32 Å². The summed E-state index contributed by atoms with van der Waals surface area (Å²) in [6.45, 7) is 3.54. The van der Waals surface area contributed by atoms with E-state index in [2.05, 4.69) is 5.32 Å². The number of ether oxygens (including phenoxy) is 1. The van der Waals surface area contributed by atoms with E-state index in [4.69, 9.17) is 9.15 Å². The van der Waals surface area contributed by atoms with Crippen molar-refractivity contribution < 1.29 is 18.3 Å². The standard InChI is InChI=1S/C15H16FNO3/c1-9-4-6-14(20-9)15(18)17-10(2)11-5-7-13(19-3)12(16)8-11/h4-8,10H,1-3H3,(H,17,18). The molecule has 106 valence electrons. The minimum atomic E-state index is -0.458. The van der Waals surface area contributed by atoms with Gasteiger partial charge in [0.05, 0.1) is 13.2 Å². The van der Waals surface area contributed by atoms with E-state index in [9.17, 15) is 9.18 Å². The van der Waals surface area contributed by atoms with Gasteiger partial charge in [0, 0.05) is 0 Å². The van der Waals surface area contributed by atoms with Crippen LogP contribution in [0.3, 0.4) is 0 Å². The number of halogens is 1. The fourth-order valence-electron chi connectivity index (χ4n) is 1.86. The van der Waals surface area contributed by atoms with Crippen LogP contribution in [-0.2, 0) is 0 Å². The first-order valence-electron chi connectivity index (χ1n) is 6.22. The highest BCUT2D eigenvalue weighted by Gasteiger charge is 2.15. The Hall–Kier alpha value is -2.30. The molecule has 0 aliphatic carbocycles. The van der Waals surface area contributed by atoms with Crippen molar-refractivity contribution in [3.8, 4) is 5.75 Å². The zero-order valence-corrected chi connectivity index (χ0v) is 11.6. The summed E-state index contributed by atoms with van der Waals surface area (Å²) in [6, 6.07) is 7.56. The lowest BCUT2D eigenvalue weighted by Gasteiger charge is -2.14. The first-order chi connectivity index (χ1) is 9.51. The predicted molar refractivity (Wildman–Crippen MR) is 72.3 cm³/mol. The summed E-state index contributed by atoms with van der Waals surface area (Å²) in [6.07, 6.45) is 0. The summed E-state index contributed by atoms with van der Waals surface area (Å²) >= 11 is 0. The highest BCUT2D eigenvalue weighted by Crippen LogP contribution is 2.22. The molecule has 1 heterocycles. The van der Waals surface area contributed by atoms with Gasteiger partial charge in [-0.25, -0.2) is 4.39 Å². The van der Waals surface area contributed by atoms with E-state index >= 15 is 0 Å². The van der Waals surface area contributed by atoms with Crippen LogP contribution in [0.25, 0.3) is 0 Å². The molecule has 0 bridgehead atoms. The number of benzene rings is 1. The van der Waals surface area contributed by atoms with Crippen LogP contribution in [0, 0.1) is 12.7 Å². The number of furan rings is 1. The highest BCUT2D eigenvalue weighted by molar-refractivity contribution is 5.91. The second-order valence-corrected chi connectivity index (χ2v) is 4.50. The Morgan fingerprint density at radius 1 is 1.35 bits per heavy atom. The number of methoxy groups -OCH3 is 1. The molecule has 0 aliphatic rings. The normalized spacial score (nSPS) is 12.0. The van der Waals surface area contributed by atoms with E-state index in [0.717, 1.165) is 0 Å². The van der Waals surface area contributed by atoms with Gasteiger partial charge in [-0.05, 0) is 43.7 Å². The van der Waals surface area contributed by atoms with Crippen molar-refractivity contribution in [2.45, 2.75) is 19.9 Å². The predicted octanol–water partition coefficient (Wildman–Crippen LogP) is 3.23. The number of rotatable bonds is 4. The van der Waals surface area contributed by atoms with Crippen LogP contribution in [0.2, 0.25) is 0 Å². The number of carbonyl (C=O) groups excluding carboxylic acids is 1. The SMILES string of the molecule is COc1ccc(C(C)NC(=O)c2ccc(C)o2)cc1F. The van der Waals surface area contributed by atoms with Crippen molar-refractivity contribution in [3.63, 3.8) is 0 Å². The summed E-state index contributed by atoms with van der Waals surface area (Å²) in [5.74, 6) is 0.289. The largest absolute Gasteiger partial charge is 0.494 e. The van der Waals surface area contributed by atoms with Crippen molar-refractivity contribution in [2.24, 2.45) is 0 Å². The molecule has 1 atom stereocenters. The van der Waals surface area contributed by atoms with Gasteiger partial charge in [0.25, 0.3) is 5.91 Å². The molecule has 0 aliphatic heterocycles. The summed E-state index contributed by atoms with van der Waals surface area (Å²) in [4.78, 5) is 11.9. The third-order valence-electron chi connectivity index (χ3n) is 2.99. The number of amides is 1. The fraction of sp³-hybridized carbons (Fsp3) is 0.267. The maximum absolute atomic E-state index is 13.6. The summed E-state index contributed by atoms with van der Waals surface area (Å²) in [5.41, 5.74) is 0.653. The lowest BCUT2D eigenvalue weighted by atomic mass is 10.1. The molecule has 0 radical (unpaired) electrons. The molecule has 0 fully saturated rings. The first kappa shape index (κ1) is 14.1. The lowest BCUT2D eigenvalue weighted by Crippen LogP contribution is -2.26. The van der Waals surface area contributed by atoms with E-state index in [1.807, 2.05) is 0 Å². The first-order valence-corrected chi connectivity index (χ1v) is 6.22. The zero-order chi connectivity index (χ0) is 14.7. The van der Waals surface area contributed by atoms with Crippen LogP contribution < -0.4 is 10.1 Å². The molecular weight excluding hydrogens is 261 g/mol. The van der Waals surface area contributed by atoms with Gasteiger partial charge in [-0.1, -0.05) is 6.07 Å². The van der Waals surface area contributed by atoms with E-state index < -0.39 is 5.82 Å². The third-order valence-corrected chi connectivity index (χ3v) is 2.99. The van der Waals surface area contributed by atoms with Gasteiger partial charge in [0.15, 0.2) is 17.3 Å². The zero-order valence-electron chi connectivity index (χ0n) is 11.6. The van der Waals surface area contributed by atoms with Crippen LogP contribution in [0.5, 0.6) is 5.75 Å². The minimum absolute atomic E-state index is 0.175.